The molecule has 0 bridgehead atoms. The van der Waals surface area contributed by atoms with E-state index in [2.05, 4.69) is 35.7 Å². The molecule has 3 nitrogen and oxygen atoms in total. The van der Waals surface area contributed by atoms with Crippen LogP contribution in [0.2, 0.25) is 0 Å². The number of fused-ring (bicyclic) bond motifs is 3. The summed E-state index contributed by atoms with van der Waals surface area (Å²) < 4.78 is 6.11. The first-order chi connectivity index (χ1) is 10.9. The lowest BCUT2D eigenvalue weighted by Gasteiger charge is -2.43. The monoisotopic (exact) mass is 290 g/mol. The van der Waals surface area contributed by atoms with Crippen LogP contribution >= 0.6 is 0 Å². The van der Waals surface area contributed by atoms with Gasteiger partial charge < -0.3 is 10.1 Å². The summed E-state index contributed by atoms with van der Waals surface area (Å²) in [5, 5.41) is 12.8. The van der Waals surface area contributed by atoms with Gasteiger partial charge >= 0.3 is 0 Å². The fourth-order valence-electron chi connectivity index (χ4n) is 3.73. The minimum Gasteiger partial charge on any atom is -0.378 e. The van der Waals surface area contributed by atoms with Crippen molar-refractivity contribution < 1.29 is 4.74 Å². The van der Waals surface area contributed by atoms with Gasteiger partial charge in [-0.2, -0.15) is 5.26 Å². The third-order valence-electron chi connectivity index (χ3n) is 4.75. The van der Waals surface area contributed by atoms with Crippen molar-refractivity contribution in [1.82, 2.24) is 0 Å². The molecule has 2 aromatic carbocycles. The molecule has 0 radical (unpaired) electrons. The summed E-state index contributed by atoms with van der Waals surface area (Å²) in [6.45, 7) is 0.804. The van der Waals surface area contributed by atoms with E-state index in [-0.39, 0.29) is 12.1 Å². The number of nitriles is 1. The van der Waals surface area contributed by atoms with Crippen molar-refractivity contribution in [3.63, 3.8) is 0 Å². The molecule has 0 unspecified atom stereocenters. The Morgan fingerprint density at radius 1 is 1.14 bits per heavy atom. The van der Waals surface area contributed by atoms with Gasteiger partial charge in [-0.25, -0.2) is 0 Å². The summed E-state index contributed by atoms with van der Waals surface area (Å²) in [6.07, 6.45) is 2.33. The van der Waals surface area contributed by atoms with Crippen molar-refractivity contribution in [3.05, 3.63) is 65.2 Å². The Bertz CT molecular complexity index is 720. The molecule has 110 valence electrons. The van der Waals surface area contributed by atoms with Crippen molar-refractivity contribution >= 4 is 5.69 Å². The van der Waals surface area contributed by atoms with E-state index in [0.29, 0.717) is 11.5 Å². The van der Waals surface area contributed by atoms with Gasteiger partial charge in [0.05, 0.1) is 23.8 Å². The summed E-state index contributed by atoms with van der Waals surface area (Å²) >= 11 is 0. The van der Waals surface area contributed by atoms with E-state index in [1.165, 1.54) is 5.56 Å². The van der Waals surface area contributed by atoms with Crippen LogP contribution in [-0.2, 0) is 4.74 Å². The number of ether oxygens (including phenoxy) is 1. The van der Waals surface area contributed by atoms with E-state index in [4.69, 9.17) is 10.00 Å². The maximum Gasteiger partial charge on any atom is 0.0991 e. The van der Waals surface area contributed by atoms with Gasteiger partial charge in [-0.3, -0.25) is 0 Å². The minimum absolute atomic E-state index is 0.0866. The molecule has 1 fully saturated rings. The Morgan fingerprint density at radius 3 is 2.82 bits per heavy atom. The maximum atomic E-state index is 9.15. The van der Waals surface area contributed by atoms with E-state index in [9.17, 15) is 0 Å². The minimum atomic E-state index is 0.0866. The quantitative estimate of drug-likeness (QED) is 0.856. The lowest BCUT2D eigenvalue weighted by Crippen LogP contribution is -2.36. The summed E-state index contributed by atoms with van der Waals surface area (Å²) in [7, 11) is 0. The van der Waals surface area contributed by atoms with E-state index in [1.54, 1.807) is 0 Å². The zero-order chi connectivity index (χ0) is 14.9. The van der Waals surface area contributed by atoms with Crippen LogP contribution in [0.1, 0.15) is 41.7 Å². The van der Waals surface area contributed by atoms with Gasteiger partial charge in [0.2, 0.25) is 0 Å². The highest BCUT2D eigenvalue weighted by Gasteiger charge is 2.39. The average molecular weight is 290 g/mol. The van der Waals surface area contributed by atoms with Crippen LogP contribution in [0.4, 0.5) is 5.69 Å². The summed E-state index contributed by atoms with van der Waals surface area (Å²) in [6, 6.07) is 18.9. The van der Waals surface area contributed by atoms with Crippen molar-refractivity contribution in [2.75, 3.05) is 11.9 Å². The van der Waals surface area contributed by atoms with Gasteiger partial charge in [0.15, 0.2) is 0 Å². The number of rotatable bonds is 1. The standard InChI is InChI=1S/C19H18N2O/c20-12-13-8-9-17-16(11-13)19-15(7-4-10-22-19)18(21-17)14-5-2-1-3-6-14/h1-3,5-6,8-9,11,15,18-19,21H,4,7,10H2/t15-,18+,19-/m1/s1. The second-order valence-corrected chi connectivity index (χ2v) is 6.04. The van der Waals surface area contributed by atoms with Crippen molar-refractivity contribution in [2.45, 2.75) is 25.0 Å². The van der Waals surface area contributed by atoms with E-state index in [1.807, 2.05) is 24.3 Å². The van der Waals surface area contributed by atoms with Crippen LogP contribution in [0.3, 0.4) is 0 Å². The molecule has 0 saturated carbocycles. The molecule has 3 atom stereocenters. The Kier molecular flexibility index (Phi) is 3.32. The summed E-state index contributed by atoms with van der Waals surface area (Å²) in [5.74, 6) is 0.414. The third kappa shape index (κ3) is 2.17. The van der Waals surface area contributed by atoms with Crippen LogP contribution < -0.4 is 5.32 Å². The molecule has 2 aliphatic heterocycles. The van der Waals surface area contributed by atoms with Gasteiger partial charge in [0.25, 0.3) is 0 Å². The van der Waals surface area contributed by atoms with Gasteiger partial charge in [0.1, 0.15) is 0 Å². The molecule has 3 heteroatoms. The zero-order valence-corrected chi connectivity index (χ0v) is 12.3. The van der Waals surface area contributed by atoms with Crippen LogP contribution in [0, 0.1) is 17.2 Å². The number of benzene rings is 2. The molecular formula is C19H18N2O. The molecule has 22 heavy (non-hydrogen) atoms. The van der Waals surface area contributed by atoms with Crippen molar-refractivity contribution in [2.24, 2.45) is 5.92 Å². The fraction of sp³-hybridized carbons (Fsp3) is 0.316. The second kappa shape index (κ2) is 5.47. The van der Waals surface area contributed by atoms with Gasteiger partial charge in [-0.05, 0) is 36.6 Å². The molecule has 2 aliphatic rings. The molecule has 2 heterocycles. The summed E-state index contributed by atoms with van der Waals surface area (Å²) in [4.78, 5) is 0. The fourth-order valence-corrected chi connectivity index (χ4v) is 3.73. The predicted molar refractivity (Wildman–Crippen MR) is 85.4 cm³/mol. The highest BCUT2D eigenvalue weighted by Crippen LogP contribution is 2.49. The molecule has 0 spiro atoms. The number of hydrogen-bond donors (Lipinski definition) is 1. The first-order valence-corrected chi connectivity index (χ1v) is 7.84. The average Bonchev–Trinajstić information content (AvgIpc) is 2.61. The molecule has 0 aromatic heterocycles. The SMILES string of the molecule is N#Cc1ccc2c(c1)[C@@H]1OCCC[C@@H]1[C@H](c1ccccc1)N2. The van der Waals surface area contributed by atoms with Crippen molar-refractivity contribution in [3.8, 4) is 6.07 Å². The molecule has 2 aromatic rings. The Morgan fingerprint density at radius 2 is 2.00 bits per heavy atom. The summed E-state index contributed by atoms with van der Waals surface area (Å²) in [5.41, 5.74) is 4.23. The third-order valence-corrected chi connectivity index (χ3v) is 4.75. The van der Waals surface area contributed by atoms with Crippen molar-refractivity contribution in [1.29, 1.82) is 5.26 Å². The highest BCUT2D eigenvalue weighted by molar-refractivity contribution is 5.59. The first kappa shape index (κ1) is 13.4. The van der Waals surface area contributed by atoms with E-state index >= 15 is 0 Å². The van der Waals surface area contributed by atoms with Crippen LogP contribution in [0.15, 0.2) is 48.5 Å². The van der Waals surface area contributed by atoms with Crippen LogP contribution in [0.5, 0.6) is 0 Å². The smallest absolute Gasteiger partial charge is 0.0991 e. The van der Waals surface area contributed by atoms with Crippen LogP contribution in [-0.4, -0.2) is 6.61 Å². The van der Waals surface area contributed by atoms with E-state index in [0.717, 1.165) is 30.7 Å². The number of anilines is 1. The normalized spacial score (nSPS) is 26.2. The van der Waals surface area contributed by atoms with Crippen LogP contribution in [0.25, 0.3) is 0 Å². The maximum absolute atomic E-state index is 9.15. The van der Waals surface area contributed by atoms with Gasteiger partial charge in [-0.15, -0.1) is 0 Å². The second-order valence-electron chi connectivity index (χ2n) is 6.04. The van der Waals surface area contributed by atoms with E-state index < -0.39 is 0 Å². The lowest BCUT2D eigenvalue weighted by molar-refractivity contribution is -0.0381. The molecule has 0 aliphatic carbocycles. The molecule has 1 saturated heterocycles. The predicted octanol–water partition coefficient (Wildman–Crippen LogP) is 4.19. The Labute approximate surface area is 130 Å². The van der Waals surface area contributed by atoms with Gasteiger partial charge in [-0.1, -0.05) is 30.3 Å². The zero-order valence-electron chi connectivity index (χ0n) is 12.3. The first-order valence-electron chi connectivity index (χ1n) is 7.84. The largest absolute Gasteiger partial charge is 0.378 e. The number of hydrogen-bond acceptors (Lipinski definition) is 3. The molecule has 0 amide bonds. The number of nitrogens with zero attached hydrogens (tertiary/aromatic N) is 1. The highest BCUT2D eigenvalue weighted by atomic mass is 16.5. The molecular weight excluding hydrogens is 272 g/mol. The molecule has 4 rings (SSSR count). The Balaban J connectivity index is 1.79. The Hall–Kier alpha value is -2.31. The van der Waals surface area contributed by atoms with Gasteiger partial charge in [0, 0.05) is 23.8 Å². The molecule has 1 N–H and O–H groups in total. The lowest BCUT2D eigenvalue weighted by atomic mass is 9.77. The number of nitrogens with one attached hydrogen (secondary N) is 1. The topological polar surface area (TPSA) is 45.0 Å².